The molecule has 0 radical (unpaired) electrons. The van der Waals surface area contributed by atoms with E-state index in [0.717, 1.165) is 25.6 Å². The molecule has 0 spiro atoms. The van der Waals surface area contributed by atoms with Crippen molar-refractivity contribution in [3.63, 3.8) is 0 Å². The number of carbonyl (C=O) groups is 1. The number of ether oxygens (including phenoxy) is 2. The Kier molecular flexibility index (Phi) is 8.25. The average molecular weight is 599 g/mol. The number of aryl methyl sites for hydroxylation is 1. The van der Waals surface area contributed by atoms with E-state index in [0.29, 0.717) is 35.3 Å². The van der Waals surface area contributed by atoms with E-state index in [-0.39, 0.29) is 5.91 Å². The Morgan fingerprint density at radius 3 is 2.66 bits per heavy atom. The van der Waals surface area contributed by atoms with E-state index in [4.69, 9.17) is 21.1 Å². The van der Waals surface area contributed by atoms with Gasteiger partial charge in [0.2, 0.25) is 0 Å². The number of rotatable bonds is 8. The maximum absolute atomic E-state index is 12.4. The van der Waals surface area contributed by atoms with Crippen LogP contribution in [0.2, 0.25) is 5.02 Å². The number of hydrogen-bond donors (Lipinski definition) is 1. The Morgan fingerprint density at radius 1 is 1.06 bits per heavy atom. The predicted molar refractivity (Wildman–Crippen MR) is 150 cm³/mol. The first-order chi connectivity index (χ1) is 17.0. The van der Waals surface area contributed by atoms with Crippen LogP contribution >= 0.6 is 34.2 Å². The van der Waals surface area contributed by atoms with Crippen molar-refractivity contribution in [1.82, 2.24) is 5.43 Å². The van der Waals surface area contributed by atoms with E-state index in [2.05, 4.69) is 57.4 Å². The van der Waals surface area contributed by atoms with Gasteiger partial charge in [0.1, 0.15) is 6.61 Å². The van der Waals surface area contributed by atoms with E-state index in [1.165, 1.54) is 5.39 Å². The van der Waals surface area contributed by atoms with Crippen LogP contribution in [0.3, 0.4) is 0 Å². The molecule has 35 heavy (non-hydrogen) atoms. The highest BCUT2D eigenvalue weighted by Gasteiger charge is 2.14. The van der Waals surface area contributed by atoms with Crippen molar-refractivity contribution in [1.29, 1.82) is 0 Å². The largest absolute Gasteiger partial charge is 0.490 e. The summed E-state index contributed by atoms with van der Waals surface area (Å²) in [5, 5.41) is 6.82. The van der Waals surface area contributed by atoms with Gasteiger partial charge in [0.05, 0.1) is 27.0 Å². The summed E-state index contributed by atoms with van der Waals surface area (Å²) in [4.78, 5) is 12.4. The van der Waals surface area contributed by atoms with E-state index < -0.39 is 0 Å². The molecule has 4 aromatic carbocycles. The number of hydrazone groups is 1. The number of hydrogen-bond acceptors (Lipinski definition) is 4. The topological polar surface area (TPSA) is 59.9 Å². The second-order valence-electron chi connectivity index (χ2n) is 7.87. The van der Waals surface area contributed by atoms with E-state index in [1.54, 1.807) is 18.3 Å². The molecule has 0 aliphatic carbocycles. The maximum Gasteiger partial charge on any atom is 0.272 e. The molecule has 0 saturated carbocycles. The van der Waals surface area contributed by atoms with Gasteiger partial charge in [0.15, 0.2) is 11.5 Å². The highest BCUT2D eigenvalue weighted by Crippen LogP contribution is 2.35. The monoisotopic (exact) mass is 598 g/mol. The average Bonchev–Trinajstić information content (AvgIpc) is 2.83. The second-order valence-corrected chi connectivity index (χ2v) is 9.44. The molecule has 0 aromatic heterocycles. The van der Waals surface area contributed by atoms with Crippen molar-refractivity contribution in [3.8, 4) is 11.5 Å². The van der Waals surface area contributed by atoms with Crippen molar-refractivity contribution in [2.24, 2.45) is 5.10 Å². The number of halogens is 2. The lowest BCUT2D eigenvalue weighted by Crippen LogP contribution is -2.18. The Morgan fingerprint density at radius 2 is 1.86 bits per heavy atom. The van der Waals surface area contributed by atoms with Crippen LogP contribution in [0.1, 0.15) is 34.0 Å². The molecule has 1 amide bonds. The van der Waals surface area contributed by atoms with Crippen LogP contribution in [0, 0.1) is 10.5 Å². The van der Waals surface area contributed by atoms with Crippen LogP contribution < -0.4 is 14.9 Å². The third kappa shape index (κ3) is 6.13. The van der Waals surface area contributed by atoms with Gasteiger partial charge in [-0.1, -0.05) is 60.1 Å². The summed E-state index contributed by atoms with van der Waals surface area (Å²) in [6, 6.07) is 23.5. The number of nitrogens with zero attached hydrogens (tertiary/aromatic N) is 1. The van der Waals surface area contributed by atoms with Gasteiger partial charge in [0, 0.05) is 0 Å². The molecule has 0 aliphatic rings. The summed E-state index contributed by atoms with van der Waals surface area (Å²) in [5.74, 6) is 0.919. The summed E-state index contributed by atoms with van der Waals surface area (Å²) >= 11 is 8.40. The summed E-state index contributed by atoms with van der Waals surface area (Å²) in [6.07, 6.45) is 1.57. The summed E-state index contributed by atoms with van der Waals surface area (Å²) in [5.41, 5.74) is 5.75. The fourth-order valence-corrected chi connectivity index (χ4v) is 4.77. The number of fused-ring (bicyclic) bond motifs is 1. The van der Waals surface area contributed by atoms with Crippen molar-refractivity contribution < 1.29 is 14.3 Å². The van der Waals surface area contributed by atoms with Gasteiger partial charge in [0.25, 0.3) is 5.91 Å². The first kappa shape index (κ1) is 25.0. The Labute approximate surface area is 223 Å². The number of benzene rings is 4. The SMILES string of the molecule is CCOc1cc(/C=N\NC(=O)c2ccc(C)cc2Cl)cc(I)c1OCc1cccc2ccccc12. The molecule has 0 aliphatic heterocycles. The van der Waals surface area contributed by atoms with Crippen LogP contribution in [-0.4, -0.2) is 18.7 Å². The van der Waals surface area contributed by atoms with Crippen molar-refractivity contribution in [3.05, 3.63) is 104 Å². The van der Waals surface area contributed by atoms with E-state index in [1.807, 2.05) is 50.2 Å². The van der Waals surface area contributed by atoms with Gasteiger partial charge in [-0.05, 0) is 88.2 Å². The lowest BCUT2D eigenvalue weighted by Gasteiger charge is -2.15. The fourth-order valence-electron chi connectivity index (χ4n) is 3.66. The molecule has 0 heterocycles. The van der Waals surface area contributed by atoms with Gasteiger partial charge >= 0.3 is 0 Å². The van der Waals surface area contributed by atoms with Gasteiger partial charge in [-0.25, -0.2) is 5.43 Å². The highest BCUT2D eigenvalue weighted by atomic mass is 127. The van der Waals surface area contributed by atoms with Crippen LogP contribution in [0.15, 0.2) is 77.9 Å². The Bertz CT molecular complexity index is 1400. The van der Waals surface area contributed by atoms with Gasteiger partial charge in [-0.3, -0.25) is 4.79 Å². The smallest absolute Gasteiger partial charge is 0.272 e. The first-order valence-electron chi connectivity index (χ1n) is 11.1. The van der Waals surface area contributed by atoms with Crippen LogP contribution in [0.25, 0.3) is 10.8 Å². The standard InChI is InChI=1S/C28H24ClIN2O3/c1-3-34-26-15-19(16-31-32-28(33)23-12-11-18(2)13-24(23)29)14-25(30)27(26)35-17-21-9-6-8-20-7-4-5-10-22(20)21/h4-16H,3,17H2,1-2H3,(H,32,33)/b31-16-. The van der Waals surface area contributed by atoms with Crippen LogP contribution in [-0.2, 0) is 6.61 Å². The number of nitrogens with one attached hydrogen (secondary N) is 1. The third-order valence-electron chi connectivity index (χ3n) is 5.33. The number of amides is 1. The molecule has 178 valence electrons. The third-order valence-corrected chi connectivity index (χ3v) is 6.45. The van der Waals surface area contributed by atoms with Crippen LogP contribution in [0.4, 0.5) is 0 Å². The molecule has 0 atom stereocenters. The summed E-state index contributed by atoms with van der Waals surface area (Å²) in [7, 11) is 0. The minimum Gasteiger partial charge on any atom is -0.490 e. The lowest BCUT2D eigenvalue weighted by molar-refractivity contribution is 0.0955. The molecule has 1 N–H and O–H groups in total. The van der Waals surface area contributed by atoms with Gasteiger partial charge in [-0.15, -0.1) is 0 Å². The molecule has 0 bridgehead atoms. The predicted octanol–water partition coefficient (Wildman–Crippen LogP) is 7.15. The molecule has 7 heteroatoms. The zero-order valence-corrected chi connectivity index (χ0v) is 22.3. The molecule has 5 nitrogen and oxygen atoms in total. The van der Waals surface area contributed by atoms with Crippen molar-refractivity contribution in [2.45, 2.75) is 20.5 Å². The minimum atomic E-state index is -0.374. The highest BCUT2D eigenvalue weighted by molar-refractivity contribution is 14.1. The second kappa shape index (κ2) is 11.6. The maximum atomic E-state index is 12.4. The molecular weight excluding hydrogens is 575 g/mol. The molecule has 4 rings (SSSR count). The van der Waals surface area contributed by atoms with Crippen molar-refractivity contribution in [2.75, 3.05) is 6.61 Å². The van der Waals surface area contributed by atoms with Gasteiger partial charge in [-0.2, -0.15) is 5.10 Å². The van der Waals surface area contributed by atoms with Crippen LogP contribution in [0.5, 0.6) is 11.5 Å². The first-order valence-corrected chi connectivity index (χ1v) is 12.6. The normalized spacial score (nSPS) is 11.1. The molecule has 0 fully saturated rings. The zero-order chi connectivity index (χ0) is 24.8. The Balaban J connectivity index is 1.51. The minimum absolute atomic E-state index is 0.371. The molecule has 4 aromatic rings. The lowest BCUT2D eigenvalue weighted by atomic mass is 10.1. The Hall–Kier alpha value is -3.10. The molecule has 0 unspecified atom stereocenters. The van der Waals surface area contributed by atoms with E-state index in [9.17, 15) is 4.79 Å². The van der Waals surface area contributed by atoms with Crippen molar-refractivity contribution >= 4 is 57.1 Å². The van der Waals surface area contributed by atoms with E-state index >= 15 is 0 Å². The summed E-state index contributed by atoms with van der Waals surface area (Å²) in [6.45, 7) is 4.74. The molecular formula is C28H24ClIN2O3. The van der Waals surface area contributed by atoms with Gasteiger partial charge < -0.3 is 9.47 Å². The quantitative estimate of drug-likeness (QED) is 0.133. The molecule has 0 saturated heterocycles. The zero-order valence-electron chi connectivity index (χ0n) is 19.3. The fraction of sp³-hybridized carbons (Fsp3) is 0.143. The summed E-state index contributed by atoms with van der Waals surface area (Å²) < 4.78 is 13.0. The number of carbonyl (C=O) groups excluding carboxylic acids is 1.